The first kappa shape index (κ1) is 29.1. The van der Waals surface area contributed by atoms with E-state index in [4.69, 9.17) is 44.3 Å². The Hall–Kier alpha value is -0.970. The molecule has 0 aliphatic carbocycles. The minimum Gasteiger partial charge on any atom is -0.466 e. The minimum absolute atomic E-state index is 0.0215. The summed E-state index contributed by atoms with van der Waals surface area (Å²) in [5, 5.41) is 0.586. The molecular formula is C25H37Cl3O4. The van der Waals surface area contributed by atoms with Gasteiger partial charge in [-0.3, -0.25) is 9.59 Å². The van der Waals surface area contributed by atoms with Crippen molar-refractivity contribution >= 4 is 46.7 Å². The molecular weight excluding hydrogens is 471 g/mol. The van der Waals surface area contributed by atoms with Gasteiger partial charge in [-0.2, -0.15) is 0 Å². The molecule has 0 spiro atoms. The second kappa shape index (κ2) is 18.5. The normalized spacial score (nSPS) is 10.9. The third kappa shape index (κ3) is 14.2. The van der Waals surface area contributed by atoms with Crippen LogP contribution >= 0.6 is 34.8 Å². The number of benzene rings is 1. The van der Waals surface area contributed by atoms with Gasteiger partial charge in [-0.05, 0) is 6.42 Å². The fourth-order valence-corrected chi connectivity index (χ4v) is 3.93. The van der Waals surface area contributed by atoms with Gasteiger partial charge in [-0.15, -0.1) is 0 Å². The van der Waals surface area contributed by atoms with Crippen molar-refractivity contribution in [2.75, 3.05) is 6.61 Å². The highest BCUT2D eigenvalue weighted by molar-refractivity contribution is 6.48. The first-order valence-corrected chi connectivity index (χ1v) is 13.1. The molecule has 1 rings (SSSR count). The van der Waals surface area contributed by atoms with Crippen LogP contribution in [0.25, 0.3) is 0 Å². The third-order valence-corrected chi connectivity index (χ3v) is 6.43. The highest BCUT2D eigenvalue weighted by Gasteiger charge is 2.13. The van der Waals surface area contributed by atoms with E-state index in [-0.39, 0.29) is 33.7 Å². The Bertz CT molecular complexity index is 656. The maximum absolute atomic E-state index is 11.9. The van der Waals surface area contributed by atoms with Crippen molar-refractivity contribution in [3.05, 3.63) is 27.2 Å². The highest BCUT2D eigenvalue weighted by Crippen LogP contribution is 2.34. The predicted octanol–water partition coefficient (Wildman–Crippen LogP) is 8.97. The van der Waals surface area contributed by atoms with Crippen molar-refractivity contribution < 1.29 is 19.1 Å². The zero-order valence-electron chi connectivity index (χ0n) is 19.2. The number of esters is 2. The van der Waals surface area contributed by atoms with E-state index in [1.165, 1.54) is 82.8 Å². The predicted molar refractivity (Wildman–Crippen MR) is 133 cm³/mol. The Labute approximate surface area is 208 Å². The molecule has 0 radical (unpaired) electrons. The van der Waals surface area contributed by atoms with Crippen LogP contribution in [0.1, 0.15) is 103 Å². The van der Waals surface area contributed by atoms with Gasteiger partial charge in [0, 0.05) is 12.1 Å². The molecule has 0 aromatic heterocycles. The van der Waals surface area contributed by atoms with Crippen LogP contribution in [0.4, 0.5) is 0 Å². The summed E-state index contributed by atoms with van der Waals surface area (Å²) in [6.07, 6.45) is 16.4. The van der Waals surface area contributed by atoms with E-state index in [0.717, 1.165) is 12.8 Å². The first-order chi connectivity index (χ1) is 15.4. The Balaban J connectivity index is 1.96. The molecule has 0 aliphatic heterocycles. The van der Waals surface area contributed by atoms with E-state index in [1.807, 2.05) is 0 Å². The third-order valence-electron chi connectivity index (χ3n) is 5.23. The molecule has 0 heterocycles. The van der Waals surface area contributed by atoms with Crippen LogP contribution < -0.4 is 4.74 Å². The van der Waals surface area contributed by atoms with Crippen molar-refractivity contribution in [1.29, 1.82) is 0 Å². The minimum atomic E-state index is -0.558. The van der Waals surface area contributed by atoms with Crippen molar-refractivity contribution in [2.24, 2.45) is 0 Å². The van der Waals surface area contributed by atoms with Crippen LogP contribution in [0, 0.1) is 0 Å². The van der Waals surface area contributed by atoms with Crippen LogP contribution in [-0.4, -0.2) is 18.5 Å². The molecule has 0 bridgehead atoms. The van der Waals surface area contributed by atoms with Gasteiger partial charge in [0.15, 0.2) is 0 Å². The van der Waals surface area contributed by atoms with Gasteiger partial charge in [0.25, 0.3) is 0 Å². The standard InChI is InChI=1S/C25H37Cl3O4/c1-2-3-4-5-6-7-8-9-10-11-12-13-14-17-31-23(29)15-16-24(30)32-20-18-21(26)25(28)22(27)19-20/h18-19H,2-17H2,1H3. The molecule has 0 unspecified atom stereocenters. The summed E-state index contributed by atoms with van der Waals surface area (Å²) < 4.78 is 10.3. The average Bonchev–Trinajstić information content (AvgIpc) is 2.76. The van der Waals surface area contributed by atoms with E-state index in [9.17, 15) is 9.59 Å². The lowest BCUT2D eigenvalue weighted by molar-refractivity contribution is -0.147. The summed E-state index contributed by atoms with van der Waals surface area (Å²) >= 11 is 17.7. The molecule has 0 atom stereocenters. The number of hydrogen-bond acceptors (Lipinski definition) is 4. The molecule has 7 heteroatoms. The zero-order chi connectivity index (χ0) is 23.6. The Morgan fingerprint density at radius 3 is 1.62 bits per heavy atom. The molecule has 0 fully saturated rings. The topological polar surface area (TPSA) is 52.6 Å². The Morgan fingerprint density at radius 2 is 1.12 bits per heavy atom. The van der Waals surface area contributed by atoms with Crippen LogP contribution in [0.2, 0.25) is 15.1 Å². The second-order valence-electron chi connectivity index (χ2n) is 8.14. The van der Waals surface area contributed by atoms with Crippen LogP contribution in [0.15, 0.2) is 12.1 Å². The molecule has 0 amide bonds. The summed E-state index contributed by atoms with van der Waals surface area (Å²) in [7, 11) is 0. The maximum Gasteiger partial charge on any atom is 0.311 e. The molecule has 0 N–H and O–H groups in total. The summed E-state index contributed by atoms with van der Waals surface area (Å²) in [4.78, 5) is 23.7. The highest BCUT2D eigenvalue weighted by atomic mass is 35.5. The summed E-state index contributed by atoms with van der Waals surface area (Å²) in [6.45, 7) is 2.65. The van der Waals surface area contributed by atoms with E-state index in [0.29, 0.717) is 6.61 Å². The van der Waals surface area contributed by atoms with Gasteiger partial charge in [0.1, 0.15) is 5.75 Å². The van der Waals surface area contributed by atoms with Gasteiger partial charge in [0.05, 0.1) is 34.5 Å². The van der Waals surface area contributed by atoms with Crippen LogP contribution in [-0.2, 0) is 14.3 Å². The Morgan fingerprint density at radius 1 is 0.688 bits per heavy atom. The van der Waals surface area contributed by atoms with E-state index in [1.54, 1.807) is 0 Å². The van der Waals surface area contributed by atoms with E-state index >= 15 is 0 Å². The van der Waals surface area contributed by atoms with Crippen molar-refractivity contribution in [1.82, 2.24) is 0 Å². The lowest BCUT2D eigenvalue weighted by Gasteiger charge is -2.07. The number of carbonyl (C=O) groups excluding carboxylic acids is 2. The van der Waals surface area contributed by atoms with Gasteiger partial charge >= 0.3 is 11.9 Å². The molecule has 0 aliphatic rings. The quantitative estimate of drug-likeness (QED) is 0.0860. The lowest BCUT2D eigenvalue weighted by Crippen LogP contribution is -2.13. The second-order valence-corrected chi connectivity index (χ2v) is 9.33. The molecule has 32 heavy (non-hydrogen) atoms. The molecule has 1 aromatic carbocycles. The molecule has 0 saturated carbocycles. The fourth-order valence-electron chi connectivity index (χ4n) is 3.36. The molecule has 0 saturated heterocycles. The zero-order valence-corrected chi connectivity index (χ0v) is 21.5. The monoisotopic (exact) mass is 506 g/mol. The molecule has 4 nitrogen and oxygen atoms in total. The Kier molecular flexibility index (Phi) is 16.8. The van der Waals surface area contributed by atoms with Gasteiger partial charge < -0.3 is 9.47 Å². The number of rotatable bonds is 18. The van der Waals surface area contributed by atoms with Crippen LogP contribution in [0.5, 0.6) is 5.75 Å². The number of hydrogen-bond donors (Lipinski definition) is 0. The maximum atomic E-state index is 11.9. The summed E-state index contributed by atoms with van der Waals surface area (Å²) in [5.74, 6) is -0.764. The van der Waals surface area contributed by atoms with Gasteiger partial charge in [-0.1, -0.05) is 119 Å². The lowest BCUT2D eigenvalue weighted by atomic mass is 10.0. The van der Waals surface area contributed by atoms with Gasteiger partial charge in [-0.25, -0.2) is 0 Å². The van der Waals surface area contributed by atoms with Crippen molar-refractivity contribution in [3.63, 3.8) is 0 Å². The smallest absolute Gasteiger partial charge is 0.311 e. The van der Waals surface area contributed by atoms with Crippen LogP contribution in [0.3, 0.4) is 0 Å². The number of carbonyl (C=O) groups is 2. The average molecular weight is 508 g/mol. The largest absolute Gasteiger partial charge is 0.466 e. The first-order valence-electron chi connectivity index (χ1n) is 11.9. The summed E-state index contributed by atoms with van der Waals surface area (Å²) in [6, 6.07) is 2.81. The molecule has 1 aromatic rings. The number of halogens is 3. The summed E-state index contributed by atoms with van der Waals surface area (Å²) in [5.41, 5.74) is 0. The fraction of sp³-hybridized carbons (Fsp3) is 0.680. The van der Waals surface area contributed by atoms with E-state index in [2.05, 4.69) is 6.92 Å². The van der Waals surface area contributed by atoms with Gasteiger partial charge in [0.2, 0.25) is 0 Å². The SMILES string of the molecule is CCCCCCCCCCCCCCCOC(=O)CCC(=O)Oc1cc(Cl)c(Cl)c(Cl)c1. The number of ether oxygens (including phenoxy) is 2. The van der Waals surface area contributed by atoms with E-state index < -0.39 is 11.9 Å². The van der Waals surface area contributed by atoms with Crippen molar-refractivity contribution in [3.8, 4) is 5.75 Å². The molecule has 182 valence electrons. The number of unbranched alkanes of at least 4 members (excludes halogenated alkanes) is 12. The van der Waals surface area contributed by atoms with Crippen molar-refractivity contribution in [2.45, 2.75) is 103 Å².